The van der Waals surface area contributed by atoms with Crippen LogP contribution in [0.5, 0.6) is 0 Å². The largest absolute Gasteiger partial charge is 0.330 e. The van der Waals surface area contributed by atoms with Crippen LogP contribution in [-0.2, 0) is 10.2 Å². The molecule has 2 rings (SSSR count). The number of anilines is 1. The second-order valence-corrected chi connectivity index (χ2v) is 8.08. The Labute approximate surface area is 138 Å². The molecule has 112 valence electrons. The van der Waals surface area contributed by atoms with Gasteiger partial charge in [-0.2, -0.15) is 12.7 Å². The molecule has 0 saturated carbocycles. The van der Waals surface area contributed by atoms with Gasteiger partial charge in [0.2, 0.25) is 0 Å². The number of piperidine rings is 1. The van der Waals surface area contributed by atoms with Crippen molar-refractivity contribution in [1.29, 1.82) is 0 Å². The van der Waals surface area contributed by atoms with E-state index in [4.69, 9.17) is 17.3 Å². The van der Waals surface area contributed by atoms with Crippen LogP contribution < -0.4 is 10.5 Å². The van der Waals surface area contributed by atoms with Crippen LogP contribution >= 0.6 is 34.2 Å². The van der Waals surface area contributed by atoms with E-state index in [1.54, 1.807) is 18.2 Å². The van der Waals surface area contributed by atoms with Crippen molar-refractivity contribution < 1.29 is 8.42 Å². The molecule has 1 heterocycles. The first-order chi connectivity index (χ1) is 9.42. The quantitative estimate of drug-likeness (QED) is 0.721. The third-order valence-corrected chi connectivity index (χ3v) is 6.07. The fraction of sp³-hybridized carbons (Fsp3) is 0.500. The zero-order chi connectivity index (χ0) is 14.8. The fourth-order valence-electron chi connectivity index (χ4n) is 2.16. The molecule has 1 aliphatic heterocycles. The van der Waals surface area contributed by atoms with Crippen molar-refractivity contribution in [2.24, 2.45) is 11.7 Å². The van der Waals surface area contributed by atoms with Crippen LogP contribution in [0.25, 0.3) is 0 Å². The molecule has 5 nitrogen and oxygen atoms in total. The second-order valence-electron chi connectivity index (χ2n) is 4.81. The molecule has 0 aliphatic carbocycles. The molecule has 3 N–H and O–H groups in total. The topological polar surface area (TPSA) is 75.4 Å². The maximum absolute atomic E-state index is 12.3. The zero-order valence-corrected chi connectivity index (χ0v) is 14.6. The van der Waals surface area contributed by atoms with Gasteiger partial charge in [-0.1, -0.05) is 11.6 Å². The normalized spacial score (nSPS) is 18.1. The molecule has 1 fully saturated rings. The van der Waals surface area contributed by atoms with Crippen molar-refractivity contribution >= 4 is 50.1 Å². The number of nitrogens with two attached hydrogens (primary N) is 1. The minimum Gasteiger partial charge on any atom is -0.330 e. The molecule has 0 atom stereocenters. The van der Waals surface area contributed by atoms with E-state index in [0.29, 0.717) is 36.3 Å². The summed E-state index contributed by atoms with van der Waals surface area (Å²) in [4.78, 5) is 0. The van der Waals surface area contributed by atoms with Crippen LogP contribution in [0.3, 0.4) is 0 Å². The number of nitrogens with one attached hydrogen (secondary N) is 1. The molecule has 0 spiro atoms. The Bertz CT molecular complexity index is 574. The van der Waals surface area contributed by atoms with Crippen molar-refractivity contribution in [2.45, 2.75) is 12.8 Å². The predicted octanol–water partition coefficient (Wildman–Crippen LogP) is 2.27. The fourth-order valence-corrected chi connectivity index (χ4v) is 4.63. The first kappa shape index (κ1) is 16.3. The van der Waals surface area contributed by atoms with Crippen molar-refractivity contribution in [3.63, 3.8) is 0 Å². The lowest BCUT2D eigenvalue weighted by Crippen LogP contribution is -2.42. The third kappa shape index (κ3) is 3.97. The predicted molar refractivity (Wildman–Crippen MR) is 90.1 cm³/mol. The highest BCUT2D eigenvalue weighted by molar-refractivity contribution is 14.1. The molecule has 8 heteroatoms. The number of rotatable bonds is 4. The van der Waals surface area contributed by atoms with E-state index in [0.717, 1.165) is 16.4 Å². The van der Waals surface area contributed by atoms with Gasteiger partial charge in [0.15, 0.2) is 0 Å². The van der Waals surface area contributed by atoms with E-state index < -0.39 is 10.2 Å². The van der Waals surface area contributed by atoms with Gasteiger partial charge in [-0.05, 0) is 66.1 Å². The van der Waals surface area contributed by atoms with Crippen molar-refractivity contribution in [3.05, 3.63) is 26.8 Å². The Hall–Kier alpha value is -0.0900. The van der Waals surface area contributed by atoms with Gasteiger partial charge in [-0.15, -0.1) is 0 Å². The molecule has 1 aromatic rings. The van der Waals surface area contributed by atoms with Crippen LogP contribution in [0.1, 0.15) is 12.8 Å². The molecule has 1 aliphatic rings. The van der Waals surface area contributed by atoms with E-state index in [9.17, 15) is 8.42 Å². The van der Waals surface area contributed by atoms with Gasteiger partial charge in [-0.25, -0.2) is 0 Å². The van der Waals surface area contributed by atoms with E-state index >= 15 is 0 Å². The summed E-state index contributed by atoms with van der Waals surface area (Å²) >= 11 is 7.92. The summed E-state index contributed by atoms with van der Waals surface area (Å²) < 4.78 is 29.5. The van der Waals surface area contributed by atoms with Crippen LogP contribution in [0, 0.1) is 9.49 Å². The molecule has 0 aromatic heterocycles. The lowest BCUT2D eigenvalue weighted by Gasteiger charge is -2.30. The number of halogens is 2. The molecule has 0 amide bonds. The minimum atomic E-state index is -3.51. The summed E-state index contributed by atoms with van der Waals surface area (Å²) in [6, 6.07) is 5.07. The smallest absolute Gasteiger partial charge is 0.301 e. The van der Waals surface area contributed by atoms with Crippen molar-refractivity contribution in [3.8, 4) is 0 Å². The summed E-state index contributed by atoms with van der Waals surface area (Å²) in [6.07, 6.45) is 1.63. The Morgan fingerprint density at radius 3 is 2.60 bits per heavy atom. The SMILES string of the molecule is NCC1CCN(S(=O)(=O)Nc2ccc(Cl)cc2I)CC1. The standard InChI is InChI=1S/C12H17ClIN3O2S/c13-10-1-2-12(11(14)7-10)16-20(18,19)17-5-3-9(8-15)4-6-17/h1-2,7,9,16H,3-6,8,15H2. The van der Waals surface area contributed by atoms with Crippen LogP contribution in [0.2, 0.25) is 5.02 Å². The Morgan fingerprint density at radius 1 is 1.40 bits per heavy atom. The van der Waals surface area contributed by atoms with E-state index in [1.165, 1.54) is 4.31 Å². The Morgan fingerprint density at radius 2 is 2.05 bits per heavy atom. The average molecular weight is 430 g/mol. The van der Waals surface area contributed by atoms with Gasteiger partial charge in [-0.3, -0.25) is 4.72 Å². The Balaban J connectivity index is 2.08. The number of hydrogen-bond acceptors (Lipinski definition) is 3. The first-order valence-electron chi connectivity index (χ1n) is 6.35. The maximum atomic E-state index is 12.3. The highest BCUT2D eigenvalue weighted by Gasteiger charge is 2.27. The second kappa shape index (κ2) is 6.78. The van der Waals surface area contributed by atoms with Gasteiger partial charge < -0.3 is 5.73 Å². The lowest BCUT2D eigenvalue weighted by molar-refractivity contribution is 0.280. The first-order valence-corrected chi connectivity index (χ1v) is 9.25. The third-order valence-electron chi connectivity index (χ3n) is 3.42. The number of benzene rings is 1. The average Bonchev–Trinajstić information content (AvgIpc) is 2.42. The van der Waals surface area contributed by atoms with E-state index in [2.05, 4.69) is 27.3 Å². The van der Waals surface area contributed by atoms with Crippen LogP contribution in [-0.4, -0.2) is 32.4 Å². The van der Waals surface area contributed by atoms with Crippen LogP contribution in [0.4, 0.5) is 5.69 Å². The Kier molecular flexibility index (Phi) is 5.52. The van der Waals surface area contributed by atoms with Crippen molar-refractivity contribution in [2.75, 3.05) is 24.4 Å². The summed E-state index contributed by atoms with van der Waals surface area (Å²) in [5, 5.41) is 0.584. The molecule has 20 heavy (non-hydrogen) atoms. The van der Waals surface area contributed by atoms with Gasteiger partial charge in [0, 0.05) is 21.7 Å². The molecule has 0 bridgehead atoms. The molecular formula is C12H17ClIN3O2S. The summed E-state index contributed by atoms with van der Waals surface area (Å²) in [5.41, 5.74) is 6.17. The van der Waals surface area contributed by atoms with Gasteiger partial charge in [0.25, 0.3) is 0 Å². The molecule has 0 unspecified atom stereocenters. The number of hydrogen-bond donors (Lipinski definition) is 2. The van der Waals surface area contributed by atoms with Crippen molar-refractivity contribution in [1.82, 2.24) is 4.31 Å². The summed E-state index contributed by atoms with van der Waals surface area (Å²) in [7, 11) is -3.51. The highest BCUT2D eigenvalue weighted by Crippen LogP contribution is 2.25. The van der Waals surface area contributed by atoms with E-state index in [1.807, 2.05) is 0 Å². The van der Waals surface area contributed by atoms with Crippen LogP contribution in [0.15, 0.2) is 18.2 Å². The molecule has 0 radical (unpaired) electrons. The number of nitrogens with zero attached hydrogens (tertiary/aromatic N) is 1. The minimum absolute atomic E-state index is 0.428. The van der Waals surface area contributed by atoms with Gasteiger partial charge in [0.1, 0.15) is 0 Å². The van der Waals surface area contributed by atoms with Gasteiger partial charge >= 0.3 is 10.2 Å². The zero-order valence-electron chi connectivity index (χ0n) is 10.9. The summed E-state index contributed by atoms with van der Waals surface area (Å²) in [5.74, 6) is 0.428. The maximum Gasteiger partial charge on any atom is 0.301 e. The summed E-state index contributed by atoms with van der Waals surface area (Å²) in [6.45, 7) is 1.65. The van der Waals surface area contributed by atoms with Gasteiger partial charge in [0.05, 0.1) is 5.69 Å². The van der Waals surface area contributed by atoms with E-state index in [-0.39, 0.29) is 0 Å². The molecule has 1 saturated heterocycles. The molecule has 1 aromatic carbocycles. The highest BCUT2D eigenvalue weighted by atomic mass is 127. The lowest BCUT2D eigenvalue weighted by atomic mass is 9.99. The molecular weight excluding hydrogens is 413 g/mol. The monoisotopic (exact) mass is 429 g/mol.